The molecule has 2 rings (SSSR count). The molecular formula is C16H23BO5. The first-order chi connectivity index (χ1) is 9.95. The summed E-state index contributed by atoms with van der Waals surface area (Å²) in [5.41, 5.74) is -1.18. The number of hydrogen-bond acceptors (Lipinski definition) is 4. The molecule has 1 fully saturated rings. The Labute approximate surface area is 131 Å². The molecule has 0 unspecified atom stereocenters. The lowest BCUT2D eigenvalue weighted by molar-refractivity contribution is -0.152. The first kappa shape index (κ1) is 16.8. The summed E-state index contributed by atoms with van der Waals surface area (Å²) in [6.07, 6.45) is 0. The molecule has 0 aromatic heterocycles. The summed E-state index contributed by atoms with van der Waals surface area (Å²) >= 11 is 0. The molecular weight excluding hydrogens is 283 g/mol. The van der Waals surface area contributed by atoms with Crippen LogP contribution >= 0.6 is 0 Å². The van der Waals surface area contributed by atoms with Gasteiger partial charge in [0.2, 0.25) is 0 Å². The minimum absolute atomic E-state index is 0.391. The maximum absolute atomic E-state index is 11.1. The zero-order chi connectivity index (χ0) is 16.8. The second kappa shape index (κ2) is 5.28. The van der Waals surface area contributed by atoms with E-state index >= 15 is 0 Å². The van der Waals surface area contributed by atoms with Crippen LogP contribution in [0.4, 0.5) is 0 Å². The maximum atomic E-state index is 11.1. The first-order valence-electron chi connectivity index (χ1n) is 7.33. The van der Waals surface area contributed by atoms with E-state index in [9.17, 15) is 4.79 Å². The molecule has 1 heterocycles. The van der Waals surface area contributed by atoms with Crippen LogP contribution in [0, 0.1) is 0 Å². The van der Waals surface area contributed by atoms with Crippen LogP contribution in [0.1, 0.15) is 41.5 Å². The molecule has 0 radical (unpaired) electrons. The Kier molecular flexibility index (Phi) is 4.04. The number of carboxylic acid groups (broad SMARTS) is 1. The SMILES string of the molecule is CC(C)(Oc1ccc(B2OC(C)(C)C(C)(C)O2)cc1)C(=O)O. The average molecular weight is 306 g/mol. The molecule has 22 heavy (non-hydrogen) atoms. The van der Waals surface area contributed by atoms with Gasteiger partial charge in [0, 0.05) is 0 Å². The molecule has 5 nitrogen and oxygen atoms in total. The van der Waals surface area contributed by atoms with E-state index in [1.165, 1.54) is 13.8 Å². The van der Waals surface area contributed by atoms with Crippen molar-refractivity contribution in [1.82, 2.24) is 0 Å². The highest BCUT2D eigenvalue weighted by atomic mass is 16.7. The van der Waals surface area contributed by atoms with Gasteiger partial charge in [0.15, 0.2) is 5.60 Å². The summed E-state index contributed by atoms with van der Waals surface area (Å²) < 4.78 is 17.4. The summed E-state index contributed by atoms with van der Waals surface area (Å²) in [5, 5.41) is 9.08. The van der Waals surface area contributed by atoms with Crippen LogP contribution < -0.4 is 10.2 Å². The fourth-order valence-electron chi connectivity index (χ4n) is 2.01. The molecule has 120 valence electrons. The van der Waals surface area contributed by atoms with Crippen LogP contribution in [-0.2, 0) is 14.1 Å². The maximum Gasteiger partial charge on any atom is 0.494 e. The number of benzene rings is 1. The van der Waals surface area contributed by atoms with Crippen LogP contribution in [0.25, 0.3) is 0 Å². The average Bonchev–Trinajstić information content (AvgIpc) is 2.58. The van der Waals surface area contributed by atoms with Gasteiger partial charge in [-0.1, -0.05) is 12.1 Å². The van der Waals surface area contributed by atoms with Crippen LogP contribution in [0.3, 0.4) is 0 Å². The van der Waals surface area contributed by atoms with Gasteiger partial charge in [-0.3, -0.25) is 0 Å². The molecule has 1 aliphatic rings. The fourth-order valence-corrected chi connectivity index (χ4v) is 2.01. The summed E-state index contributed by atoms with van der Waals surface area (Å²) in [4.78, 5) is 11.1. The van der Waals surface area contributed by atoms with Crippen molar-refractivity contribution in [3.8, 4) is 5.75 Å². The summed E-state index contributed by atoms with van der Waals surface area (Å²) in [7, 11) is -0.438. The van der Waals surface area contributed by atoms with Crippen molar-refractivity contribution in [2.24, 2.45) is 0 Å². The molecule has 0 spiro atoms. The second-order valence-corrected chi connectivity index (χ2v) is 7.07. The number of aliphatic carboxylic acids is 1. The second-order valence-electron chi connectivity index (χ2n) is 7.07. The third-order valence-corrected chi connectivity index (χ3v) is 4.29. The summed E-state index contributed by atoms with van der Waals surface area (Å²) in [5.74, 6) is -0.518. The number of ether oxygens (including phenoxy) is 1. The van der Waals surface area contributed by atoms with Crippen LogP contribution in [0.5, 0.6) is 5.75 Å². The molecule has 0 aliphatic carbocycles. The molecule has 0 saturated carbocycles. The lowest BCUT2D eigenvalue weighted by Gasteiger charge is -2.32. The largest absolute Gasteiger partial charge is 0.494 e. The molecule has 0 amide bonds. The first-order valence-corrected chi connectivity index (χ1v) is 7.33. The molecule has 1 aliphatic heterocycles. The summed E-state index contributed by atoms with van der Waals surface area (Å²) in [6, 6.07) is 7.11. The van der Waals surface area contributed by atoms with Crippen LogP contribution in [-0.4, -0.2) is 35.0 Å². The molecule has 1 aromatic carbocycles. The van der Waals surface area contributed by atoms with Crippen molar-refractivity contribution in [1.29, 1.82) is 0 Å². The van der Waals surface area contributed by atoms with E-state index in [0.717, 1.165) is 5.46 Å². The Bertz CT molecular complexity index is 546. The normalized spacial score (nSPS) is 20.0. The van der Waals surface area contributed by atoms with E-state index < -0.39 is 29.9 Å². The Balaban J connectivity index is 2.12. The van der Waals surface area contributed by atoms with Crippen molar-refractivity contribution in [2.75, 3.05) is 0 Å². The highest BCUT2D eigenvalue weighted by Crippen LogP contribution is 2.36. The zero-order valence-corrected chi connectivity index (χ0v) is 14.0. The Hall–Kier alpha value is -1.53. The highest BCUT2D eigenvalue weighted by molar-refractivity contribution is 6.62. The van der Waals surface area contributed by atoms with Crippen molar-refractivity contribution in [2.45, 2.75) is 58.3 Å². The third-order valence-electron chi connectivity index (χ3n) is 4.29. The topological polar surface area (TPSA) is 65.0 Å². The van der Waals surface area contributed by atoms with Crippen molar-refractivity contribution in [3.05, 3.63) is 24.3 Å². The van der Waals surface area contributed by atoms with Gasteiger partial charge >= 0.3 is 13.1 Å². The summed E-state index contributed by atoms with van der Waals surface area (Å²) in [6.45, 7) is 11.0. The molecule has 0 bridgehead atoms. The van der Waals surface area contributed by atoms with Crippen molar-refractivity contribution < 1.29 is 23.9 Å². The number of rotatable bonds is 4. The number of carbonyl (C=O) groups is 1. The van der Waals surface area contributed by atoms with E-state index in [4.69, 9.17) is 19.2 Å². The monoisotopic (exact) mass is 306 g/mol. The van der Waals surface area contributed by atoms with Gasteiger partial charge in [-0.05, 0) is 59.1 Å². The molecule has 1 saturated heterocycles. The predicted octanol–water partition coefficient (Wildman–Crippen LogP) is 2.23. The minimum Gasteiger partial charge on any atom is -0.478 e. The lowest BCUT2D eigenvalue weighted by atomic mass is 9.79. The number of carboxylic acids is 1. The fraction of sp³-hybridized carbons (Fsp3) is 0.562. The number of hydrogen-bond donors (Lipinski definition) is 1. The van der Waals surface area contributed by atoms with Gasteiger partial charge in [0.05, 0.1) is 11.2 Å². The quantitative estimate of drug-likeness (QED) is 0.864. The Morgan fingerprint density at radius 2 is 1.55 bits per heavy atom. The molecule has 0 atom stereocenters. The van der Waals surface area contributed by atoms with E-state index in [0.29, 0.717) is 5.75 Å². The lowest BCUT2D eigenvalue weighted by Crippen LogP contribution is -2.41. The van der Waals surface area contributed by atoms with Crippen molar-refractivity contribution >= 4 is 18.6 Å². The Morgan fingerprint density at radius 1 is 1.09 bits per heavy atom. The van der Waals surface area contributed by atoms with E-state index in [1.807, 2.05) is 39.8 Å². The van der Waals surface area contributed by atoms with Crippen molar-refractivity contribution in [3.63, 3.8) is 0 Å². The Morgan fingerprint density at radius 3 is 1.95 bits per heavy atom. The van der Waals surface area contributed by atoms with Gasteiger partial charge in [0.25, 0.3) is 0 Å². The van der Waals surface area contributed by atoms with E-state index in [-0.39, 0.29) is 0 Å². The van der Waals surface area contributed by atoms with Crippen LogP contribution in [0.15, 0.2) is 24.3 Å². The standard InChI is InChI=1S/C16H23BO5/c1-14(2,13(18)19)20-12-9-7-11(8-10-12)17-21-15(3,4)16(5,6)22-17/h7-10H,1-6H3,(H,18,19). The smallest absolute Gasteiger partial charge is 0.478 e. The molecule has 6 heteroatoms. The minimum atomic E-state index is -1.27. The zero-order valence-electron chi connectivity index (χ0n) is 14.0. The predicted molar refractivity (Wildman–Crippen MR) is 84.5 cm³/mol. The van der Waals surface area contributed by atoms with Gasteiger partial charge < -0.3 is 19.2 Å². The third kappa shape index (κ3) is 3.13. The van der Waals surface area contributed by atoms with E-state index in [1.54, 1.807) is 12.1 Å². The highest BCUT2D eigenvalue weighted by Gasteiger charge is 2.51. The van der Waals surface area contributed by atoms with Crippen LogP contribution in [0.2, 0.25) is 0 Å². The van der Waals surface area contributed by atoms with E-state index in [2.05, 4.69) is 0 Å². The molecule has 1 N–H and O–H groups in total. The van der Waals surface area contributed by atoms with Gasteiger partial charge in [-0.2, -0.15) is 0 Å². The van der Waals surface area contributed by atoms with Gasteiger partial charge in [-0.15, -0.1) is 0 Å². The van der Waals surface area contributed by atoms with Gasteiger partial charge in [-0.25, -0.2) is 4.79 Å². The van der Waals surface area contributed by atoms with Gasteiger partial charge in [0.1, 0.15) is 5.75 Å². The molecule has 1 aromatic rings.